The minimum Gasteiger partial charge on any atom is -0.312 e. The largest absolute Gasteiger partial charge is 0.312 e. The summed E-state index contributed by atoms with van der Waals surface area (Å²) in [6.07, 6.45) is 0. The quantitative estimate of drug-likeness (QED) is 0.891. The number of hydrogen-bond donors (Lipinski definition) is 1. The molecule has 0 saturated heterocycles. The third-order valence-electron chi connectivity index (χ3n) is 2.08. The average molecular weight is 239 g/mol. The van der Waals surface area contributed by atoms with Crippen molar-refractivity contribution in [2.24, 2.45) is 0 Å². The Morgan fingerprint density at radius 3 is 3.00 bits per heavy atom. The van der Waals surface area contributed by atoms with E-state index >= 15 is 0 Å². The molecule has 2 rings (SSSR count). The van der Waals surface area contributed by atoms with Crippen molar-refractivity contribution in [3.05, 3.63) is 21.5 Å². The number of rotatable bonds is 4. The molecule has 2 aromatic heterocycles. The highest BCUT2D eigenvalue weighted by Gasteiger charge is 2.09. The summed E-state index contributed by atoms with van der Waals surface area (Å²) in [7, 11) is 0. The maximum absolute atomic E-state index is 4.53. The predicted octanol–water partition coefficient (Wildman–Crippen LogP) is 2.68. The number of aromatic nitrogens is 2. The van der Waals surface area contributed by atoms with Gasteiger partial charge in [-0.1, -0.05) is 6.92 Å². The summed E-state index contributed by atoms with van der Waals surface area (Å²) in [5.41, 5.74) is 3.95. The Balaban J connectivity index is 2.21. The van der Waals surface area contributed by atoms with E-state index in [4.69, 9.17) is 0 Å². The van der Waals surface area contributed by atoms with Crippen molar-refractivity contribution in [3.63, 3.8) is 0 Å². The lowest BCUT2D eigenvalue weighted by molar-refractivity contribution is 0.731. The molecule has 0 amide bonds. The van der Waals surface area contributed by atoms with Crippen LogP contribution in [-0.2, 0) is 6.54 Å². The molecular formula is C10H13N3S2. The summed E-state index contributed by atoms with van der Waals surface area (Å²) < 4.78 is 0. The molecule has 0 spiro atoms. The van der Waals surface area contributed by atoms with Gasteiger partial charge in [-0.05, 0) is 13.5 Å². The van der Waals surface area contributed by atoms with E-state index in [1.54, 1.807) is 22.7 Å². The van der Waals surface area contributed by atoms with Gasteiger partial charge in [-0.3, -0.25) is 0 Å². The normalized spacial score (nSPS) is 10.8. The van der Waals surface area contributed by atoms with E-state index in [1.807, 2.05) is 10.9 Å². The van der Waals surface area contributed by atoms with Crippen molar-refractivity contribution < 1.29 is 0 Å². The Morgan fingerprint density at radius 1 is 1.47 bits per heavy atom. The SMILES string of the molecule is CCNCc1sc(-c2cscn2)nc1C. The lowest BCUT2D eigenvalue weighted by atomic mass is 10.4. The fourth-order valence-corrected chi connectivity index (χ4v) is 2.87. The van der Waals surface area contributed by atoms with Crippen LogP contribution >= 0.6 is 22.7 Å². The molecular weight excluding hydrogens is 226 g/mol. The molecule has 80 valence electrons. The van der Waals surface area contributed by atoms with Gasteiger partial charge in [-0.25, -0.2) is 9.97 Å². The highest BCUT2D eigenvalue weighted by Crippen LogP contribution is 2.27. The van der Waals surface area contributed by atoms with Crippen molar-refractivity contribution in [2.75, 3.05) is 6.54 Å². The zero-order valence-corrected chi connectivity index (χ0v) is 10.4. The van der Waals surface area contributed by atoms with Crippen LogP contribution in [0.4, 0.5) is 0 Å². The smallest absolute Gasteiger partial charge is 0.143 e. The lowest BCUT2D eigenvalue weighted by Crippen LogP contribution is -2.11. The zero-order valence-electron chi connectivity index (χ0n) is 8.78. The van der Waals surface area contributed by atoms with Gasteiger partial charge in [0.05, 0.1) is 11.2 Å². The second-order valence-electron chi connectivity index (χ2n) is 3.18. The summed E-state index contributed by atoms with van der Waals surface area (Å²) in [6.45, 7) is 6.06. The van der Waals surface area contributed by atoms with Gasteiger partial charge in [0.2, 0.25) is 0 Å². The van der Waals surface area contributed by atoms with Crippen LogP contribution in [-0.4, -0.2) is 16.5 Å². The second-order valence-corrected chi connectivity index (χ2v) is 4.98. The van der Waals surface area contributed by atoms with Crippen molar-refractivity contribution in [1.29, 1.82) is 0 Å². The molecule has 0 atom stereocenters. The molecule has 0 aliphatic carbocycles. The third kappa shape index (κ3) is 2.42. The van der Waals surface area contributed by atoms with Crippen LogP contribution in [0.15, 0.2) is 10.9 Å². The highest BCUT2D eigenvalue weighted by molar-refractivity contribution is 7.15. The zero-order chi connectivity index (χ0) is 10.7. The minimum absolute atomic E-state index is 0.907. The molecule has 1 N–H and O–H groups in total. The number of nitrogens with zero attached hydrogens (tertiary/aromatic N) is 2. The first kappa shape index (κ1) is 10.7. The predicted molar refractivity (Wildman–Crippen MR) is 65.3 cm³/mol. The maximum Gasteiger partial charge on any atom is 0.143 e. The van der Waals surface area contributed by atoms with Crippen molar-refractivity contribution in [1.82, 2.24) is 15.3 Å². The number of thiazole rings is 2. The Kier molecular flexibility index (Phi) is 3.45. The van der Waals surface area contributed by atoms with Gasteiger partial charge in [-0.15, -0.1) is 22.7 Å². The van der Waals surface area contributed by atoms with E-state index in [0.717, 1.165) is 29.5 Å². The summed E-state index contributed by atoms with van der Waals surface area (Å²) in [6, 6.07) is 0. The summed E-state index contributed by atoms with van der Waals surface area (Å²) in [4.78, 5) is 10.1. The van der Waals surface area contributed by atoms with E-state index < -0.39 is 0 Å². The van der Waals surface area contributed by atoms with Crippen molar-refractivity contribution >= 4 is 22.7 Å². The van der Waals surface area contributed by atoms with Gasteiger partial charge in [0, 0.05) is 16.8 Å². The number of nitrogens with one attached hydrogen (secondary N) is 1. The molecule has 2 heterocycles. The highest BCUT2D eigenvalue weighted by atomic mass is 32.1. The first-order chi connectivity index (χ1) is 7.31. The minimum atomic E-state index is 0.907. The molecule has 0 saturated carbocycles. The Morgan fingerprint density at radius 2 is 2.33 bits per heavy atom. The van der Waals surface area contributed by atoms with Crippen LogP contribution < -0.4 is 5.32 Å². The van der Waals surface area contributed by atoms with Crippen LogP contribution in [0.1, 0.15) is 17.5 Å². The average Bonchev–Trinajstić information content (AvgIpc) is 2.83. The standard InChI is InChI=1S/C10H13N3S2/c1-3-11-4-9-7(2)13-10(15-9)8-5-14-6-12-8/h5-6,11H,3-4H2,1-2H3. The van der Waals surface area contributed by atoms with E-state index in [9.17, 15) is 0 Å². The van der Waals surface area contributed by atoms with Gasteiger partial charge in [-0.2, -0.15) is 0 Å². The van der Waals surface area contributed by atoms with E-state index in [1.165, 1.54) is 4.88 Å². The van der Waals surface area contributed by atoms with Crippen molar-refractivity contribution in [3.8, 4) is 10.7 Å². The molecule has 0 aliphatic rings. The fourth-order valence-electron chi connectivity index (χ4n) is 1.26. The fraction of sp³-hybridized carbons (Fsp3) is 0.400. The maximum atomic E-state index is 4.53. The third-order valence-corrected chi connectivity index (χ3v) is 3.85. The molecule has 15 heavy (non-hydrogen) atoms. The molecule has 0 aromatic carbocycles. The summed E-state index contributed by atoms with van der Waals surface area (Å²) in [5.74, 6) is 0. The Bertz CT molecular complexity index is 420. The van der Waals surface area contributed by atoms with Crippen LogP contribution in [0.3, 0.4) is 0 Å². The monoisotopic (exact) mass is 239 g/mol. The Hall–Kier alpha value is -0.780. The van der Waals surface area contributed by atoms with E-state index in [2.05, 4.69) is 29.1 Å². The first-order valence-electron chi connectivity index (χ1n) is 4.87. The molecule has 0 aliphatic heterocycles. The van der Waals surface area contributed by atoms with Crippen LogP contribution in [0.5, 0.6) is 0 Å². The van der Waals surface area contributed by atoms with E-state index in [0.29, 0.717) is 0 Å². The molecule has 5 heteroatoms. The van der Waals surface area contributed by atoms with Crippen LogP contribution in [0.2, 0.25) is 0 Å². The molecule has 3 nitrogen and oxygen atoms in total. The van der Waals surface area contributed by atoms with Crippen LogP contribution in [0, 0.1) is 6.92 Å². The van der Waals surface area contributed by atoms with Gasteiger partial charge in [0.1, 0.15) is 10.7 Å². The van der Waals surface area contributed by atoms with Gasteiger partial charge < -0.3 is 5.32 Å². The molecule has 0 bridgehead atoms. The van der Waals surface area contributed by atoms with Gasteiger partial charge in [0.15, 0.2) is 0 Å². The van der Waals surface area contributed by atoms with E-state index in [-0.39, 0.29) is 0 Å². The second kappa shape index (κ2) is 4.83. The van der Waals surface area contributed by atoms with Gasteiger partial charge in [0.25, 0.3) is 0 Å². The van der Waals surface area contributed by atoms with Crippen LogP contribution in [0.25, 0.3) is 10.7 Å². The summed E-state index contributed by atoms with van der Waals surface area (Å²) in [5, 5.41) is 6.38. The topological polar surface area (TPSA) is 37.8 Å². The molecule has 2 aromatic rings. The van der Waals surface area contributed by atoms with Crippen molar-refractivity contribution in [2.45, 2.75) is 20.4 Å². The molecule has 0 fully saturated rings. The lowest BCUT2D eigenvalue weighted by Gasteiger charge is -1.97. The summed E-state index contributed by atoms with van der Waals surface area (Å²) >= 11 is 3.34. The van der Waals surface area contributed by atoms with Gasteiger partial charge >= 0.3 is 0 Å². The Labute approximate surface area is 97.2 Å². The molecule has 0 radical (unpaired) electrons. The first-order valence-corrected chi connectivity index (χ1v) is 6.62. The number of aryl methyl sites for hydroxylation is 1. The molecule has 0 unspecified atom stereocenters. The number of hydrogen-bond acceptors (Lipinski definition) is 5.